The molecule has 0 saturated heterocycles. The van der Waals surface area contributed by atoms with Crippen molar-refractivity contribution < 1.29 is 4.74 Å². The topological polar surface area (TPSA) is 21.3 Å². The van der Waals surface area contributed by atoms with Crippen LogP contribution >= 0.6 is 0 Å². The van der Waals surface area contributed by atoms with E-state index in [1.165, 1.54) is 48.8 Å². The van der Waals surface area contributed by atoms with Crippen LogP contribution in [0, 0.1) is 0 Å². The summed E-state index contributed by atoms with van der Waals surface area (Å²) in [6, 6.07) is 9.00. The van der Waals surface area contributed by atoms with Gasteiger partial charge in [-0.1, -0.05) is 49.6 Å². The van der Waals surface area contributed by atoms with Crippen LogP contribution in [-0.4, -0.2) is 23.3 Å². The van der Waals surface area contributed by atoms with Crippen LogP contribution in [0.3, 0.4) is 0 Å². The van der Waals surface area contributed by atoms with Gasteiger partial charge in [-0.15, -0.1) is 0 Å². The molecule has 1 atom stereocenters. The van der Waals surface area contributed by atoms with Crippen molar-refractivity contribution in [1.82, 2.24) is 5.32 Å². The molecular formula is C26H43NO. The molecule has 1 aliphatic rings. The van der Waals surface area contributed by atoms with E-state index in [0.29, 0.717) is 5.92 Å². The molecule has 1 unspecified atom stereocenters. The Morgan fingerprint density at radius 3 is 2.14 bits per heavy atom. The van der Waals surface area contributed by atoms with Gasteiger partial charge in [-0.2, -0.15) is 0 Å². The van der Waals surface area contributed by atoms with E-state index in [-0.39, 0.29) is 16.7 Å². The Morgan fingerprint density at radius 2 is 1.50 bits per heavy atom. The number of allylic oxidation sites excluding steroid dienone is 1. The lowest BCUT2D eigenvalue weighted by Crippen LogP contribution is -2.50. The maximum absolute atomic E-state index is 5.83. The Hall–Kier alpha value is -1.12. The molecular weight excluding hydrogens is 342 g/mol. The van der Waals surface area contributed by atoms with Crippen molar-refractivity contribution >= 4 is 5.57 Å². The van der Waals surface area contributed by atoms with Gasteiger partial charge in [0.25, 0.3) is 0 Å². The highest BCUT2D eigenvalue weighted by Crippen LogP contribution is 2.43. The van der Waals surface area contributed by atoms with E-state index in [4.69, 9.17) is 4.74 Å². The van der Waals surface area contributed by atoms with Gasteiger partial charge in [-0.3, -0.25) is 0 Å². The molecule has 0 aliphatic heterocycles. The molecule has 2 nitrogen and oxygen atoms in total. The number of benzene rings is 1. The highest BCUT2D eigenvalue weighted by molar-refractivity contribution is 5.80. The summed E-state index contributed by atoms with van der Waals surface area (Å²) >= 11 is 0. The Balaban J connectivity index is 1.93. The molecule has 0 fully saturated rings. The molecule has 0 bridgehead atoms. The first-order valence-electron chi connectivity index (χ1n) is 11.1. The van der Waals surface area contributed by atoms with Crippen LogP contribution < -0.4 is 5.32 Å². The van der Waals surface area contributed by atoms with Crippen LogP contribution in [-0.2, 0) is 4.74 Å². The van der Waals surface area contributed by atoms with E-state index in [1.807, 2.05) is 0 Å². The van der Waals surface area contributed by atoms with Gasteiger partial charge in [0.15, 0.2) is 0 Å². The molecule has 1 N–H and O–H groups in total. The second kappa shape index (κ2) is 9.13. The summed E-state index contributed by atoms with van der Waals surface area (Å²) in [6.45, 7) is 18.6. The molecule has 0 saturated carbocycles. The number of nitrogens with one attached hydrogen (secondary N) is 1. The molecule has 0 aromatic heterocycles. The number of rotatable bonds is 9. The predicted octanol–water partition coefficient (Wildman–Crippen LogP) is 7.10. The average Bonchev–Trinajstić information content (AvgIpc) is 2.91. The van der Waals surface area contributed by atoms with E-state index >= 15 is 0 Å². The van der Waals surface area contributed by atoms with Gasteiger partial charge in [-0.05, 0) is 84.9 Å². The third kappa shape index (κ3) is 7.04. The fourth-order valence-corrected chi connectivity index (χ4v) is 4.43. The highest BCUT2D eigenvalue weighted by atomic mass is 16.5. The van der Waals surface area contributed by atoms with Gasteiger partial charge in [0.2, 0.25) is 0 Å². The van der Waals surface area contributed by atoms with Crippen molar-refractivity contribution in [2.45, 2.75) is 110 Å². The molecule has 2 heteroatoms. The summed E-state index contributed by atoms with van der Waals surface area (Å²) < 4.78 is 5.83. The van der Waals surface area contributed by atoms with Crippen molar-refractivity contribution in [3.05, 3.63) is 41.5 Å². The van der Waals surface area contributed by atoms with Gasteiger partial charge in [0, 0.05) is 23.6 Å². The molecule has 0 amide bonds. The van der Waals surface area contributed by atoms with Crippen molar-refractivity contribution in [1.29, 1.82) is 0 Å². The summed E-state index contributed by atoms with van der Waals surface area (Å²) in [6.07, 6.45) is 8.78. The Morgan fingerprint density at radius 1 is 0.857 bits per heavy atom. The maximum Gasteiger partial charge on any atom is 0.0598 e. The minimum Gasteiger partial charge on any atom is -0.376 e. The van der Waals surface area contributed by atoms with Crippen LogP contribution in [0.5, 0.6) is 0 Å². The van der Waals surface area contributed by atoms with E-state index in [0.717, 1.165) is 6.61 Å². The molecule has 158 valence electrons. The fourth-order valence-electron chi connectivity index (χ4n) is 4.43. The van der Waals surface area contributed by atoms with Gasteiger partial charge in [0.1, 0.15) is 0 Å². The lowest BCUT2D eigenvalue weighted by atomic mass is 9.87. The van der Waals surface area contributed by atoms with Gasteiger partial charge in [-0.25, -0.2) is 0 Å². The van der Waals surface area contributed by atoms with Gasteiger partial charge in [0.05, 0.1) is 5.60 Å². The fraction of sp³-hybridized carbons (Fsp3) is 0.692. The van der Waals surface area contributed by atoms with E-state index in [2.05, 4.69) is 91.0 Å². The monoisotopic (exact) mass is 385 g/mol. The number of hydrogen-bond donors (Lipinski definition) is 1. The summed E-state index contributed by atoms with van der Waals surface area (Å²) in [7, 11) is 0. The molecule has 1 aromatic rings. The van der Waals surface area contributed by atoms with Crippen LogP contribution in [0.4, 0.5) is 0 Å². The quantitative estimate of drug-likeness (QED) is 0.458. The van der Waals surface area contributed by atoms with E-state index < -0.39 is 0 Å². The lowest BCUT2D eigenvalue weighted by Gasteiger charge is -2.36. The zero-order valence-corrected chi connectivity index (χ0v) is 19.6. The van der Waals surface area contributed by atoms with Crippen molar-refractivity contribution in [2.24, 2.45) is 0 Å². The molecule has 1 aromatic carbocycles. The SMILES string of the molecule is CC(C)(C)NC(C)(C)C1=CC(CCCCCCOC(C)(C)C)c2ccccc21. The second-order valence-corrected chi connectivity index (χ2v) is 10.9. The summed E-state index contributed by atoms with van der Waals surface area (Å²) in [5.41, 5.74) is 4.45. The Bertz CT molecular complexity index is 658. The summed E-state index contributed by atoms with van der Waals surface area (Å²) in [5, 5.41) is 3.82. The largest absolute Gasteiger partial charge is 0.376 e. The minimum absolute atomic E-state index is 0.0113. The first-order valence-corrected chi connectivity index (χ1v) is 11.1. The minimum atomic E-state index is -0.0343. The molecule has 0 radical (unpaired) electrons. The van der Waals surface area contributed by atoms with Crippen molar-refractivity contribution in [3.8, 4) is 0 Å². The van der Waals surface area contributed by atoms with Crippen molar-refractivity contribution in [3.63, 3.8) is 0 Å². The number of hydrogen-bond acceptors (Lipinski definition) is 2. The summed E-state index contributed by atoms with van der Waals surface area (Å²) in [5.74, 6) is 0.554. The molecule has 0 spiro atoms. The third-order valence-electron chi connectivity index (χ3n) is 5.32. The standard InChI is InChI=1S/C26H43NO/c1-24(2,3)27-26(7,8)23-19-20(21-16-12-13-17-22(21)23)15-11-9-10-14-18-28-25(4,5)6/h12-13,16-17,19-20,27H,9-11,14-15,18H2,1-8H3. The van der Waals surface area contributed by atoms with E-state index in [9.17, 15) is 0 Å². The first kappa shape index (κ1) is 23.2. The Labute approximate surface area is 174 Å². The number of unbranched alkanes of at least 4 members (excludes halogenated alkanes) is 3. The number of fused-ring (bicyclic) bond motifs is 1. The Kier molecular flexibility index (Phi) is 7.56. The molecule has 1 aliphatic carbocycles. The molecule has 28 heavy (non-hydrogen) atoms. The molecule has 2 rings (SSSR count). The van der Waals surface area contributed by atoms with Gasteiger partial charge < -0.3 is 10.1 Å². The first-order chi connectivity index (χ1) is 12.9. The zero-order chi connectivity index (χ0) is 21.0. The van der Waals surface area contributed by atoms with Gasteiger partial charge >= 0.3 is 0 Å². The normalized spacial score (nSPS) is 17.6. The smallest absolute Gasteiger partial charge is 0.0598 e. The summed E-state index contributed by atoms with van der Waals surface area (Å²) in [4.78, 5) is 0. The highest BCUT2D eigenvalue weighted by Gasteiger charge is 2.34. The van der Waals surface area contributed by atoms with Crippen LogP contribution in [0.15, 0.2) is 30.3 Å². The average molecular weight is 386 g/mol. The zero-order valence-electron chi connectivity index (χ0n) is 19.6. The number of ether oxygens (including phenoxy) is 1. The predicted molar refractivity (Wildman–Crippen MR) is 123 cm³/mol. The maximum atomic E-state index is 5.83. The van der Waals surface area contributed by atoms with Crippen molar-refractivity contribution in [2.75, 3.05) is 6.61 Å². The van der Waals surface area contributed by atoms with Crippen LogP contribution in [0.25, 0.3) is 5.57 Å². The third-order valence-corrected chi connectivity index (χ3v) is 5.32. The van der Waals surface area contributed by atoms with Crippen LogP contribution in [0.2, 0.25) is 0 Å². The van der Waals surface area contributed by atoms with Crippen LogP contribution in [0.1, 0.15) is 105 Å². The second-order valence-electron chi connectivity index (χ2n) is 10.9. The molecule has 0 heterocycles. The van der Waals surface area contributed by atoms with E-state index in [1.54, 1.807) is 0 Å². The lowest BCUT2D eigenvalue weighted by molar-refractivity contribution is -0.00475.